The van der Waals surface area contributed by atoms with Crippen molar-refractivity contribution in [1.29, 1.82) is 0 Å². The zero-order chi connectivity index (χ0) is 18.9. The summed E-state index contributed by atoms with van der Waals surface area (Å²) in [5, 5.41) is 4.06. The van der Waals surface area contributed by atoms with Crippen LogP contribution in [0.1, 0.15) is 24.7 Å². The van der Waals surface area contributed by atoms with Gasteiger partial charge in [0, 0.05) is 29.0 Å². The highest BCUT2D eigenvalue weighted by molar-refractivity contribution is 9.10. The number of piperidine rings is 1. The third-order valence-electron chi connectivity index (χ3n) is 4.71. The molecule has 1 aliphatic heterocycles. The molecule has 0 spiro atoms. The van der Waals surface area contributed by atoms with Crippen LogP contribution < -0.4 is 0 Å². The number of hydrogen-bond acceptors (Lipinski definition) is 5. The summed E-state index contributed by atoms with van der Waals surface area (Å²) in [5.74, 6) is 1.21. The van der Waals surface area contributed by atoms with E-state index in [4.69, 9.17) is 4.52 Å². The number of nitrogens with zero attached hydrogens (tertiary/aromatic N) is 3. The molecule has 0 radical (unpaired) electrons. The standard InChI is InChI=1S/C19H18BrN3O3S/c20-16-7-4-8-17(13-16)27(24,25)23-11-9-15(10-12-23)19-21-18(22-26-19)14-5-2-1-3-6-14/h1-8,13,15H,9-12H2. The van der Waals surface area contributed by atoms with Gasteiger partial charge in [0.05, 0.1) is 4.90 Å². The Bertz CT molecular complexity index is 1030. The van der Waals surface area contributed by atoms with Crippen LogP contribution in [0.25, 0.3) is 11.4 Å². The molecule has 3 aromatic rings. The van der Waals surface area contributed by atoms with Gasteiger partial charge in [-0.3, -0.25) is 0 Å². The van der Waals surface area contributed by atoms with Crippen LogP contribution in [0.4, 0.5) is 0 Å². The third-order valence-corrected chi connectivity index (χ3v) is 7.10. The Morgan fingerprint density at radius 2 is 1.78 bits per heavy atom. The first-order valence-electron chi connectivity index (χ1n) is 8.69. The van der Waals surface area contributed by atoms with Gasteiger partial charge in [-0.15, -0.1) is 0 Å². The Labute approximate surface area is 166 Å². The van der Waals surface area contributed by atoms with Gasteiger partial charge >= 0.3 is 0 Å². The van der Waals surface area contributed by atoms with E-state index in [-0.39, 0.29) is 5.92 Å². The second-order valence-electron chi connectivity index (χ2n) is 6.46. The van der Waals surface area contributed by atoms with Crippen molar-refractivity contribution >= 4 is 26.0 Å². The molecule has 1 aromatic heterocycles. The monoisotopic (exact) mass is 447 g/mol. The summed E-state index contributed by atoms with van der Waals surface area (Å²) in [5.41, 5.74) is 0.905. The van der Waals surface area contributed by atoms with Crippen molar-refractivity contribution in [1.82, 2.24) is 14.4 Å². The molecule has 0 bridgehead atoms. The van der Waals surface area contributed by atoms with E-state index in [2.05, 4.69) is 26.1 Å². The predicted octanol–water partition coefficient (Wildman–Crippen LogP) is 4.07. The Morgan fingerprint density at radius 3 is 2.48 bits per heavy atom. The fourth-order valence-electron chi connectivity index (χ4n) is 3.23. The van der Waals surface area contributed by atoms with Crippen molar-refractivity contribution in [2.24, 2.45) is 0 Å². The largest absolute Gasteiger partial charge is 0.339 e. The number of sulfonamides is 1. The molecule has 2 heterocycles. The minimum Gasteiger partial charge on any atom is -0.339 e. The van der Waals surface area contributed by atoms with Gasteiger partial charge in [0.1, 0.15) is 0 Å². The Kier molecular flexibility index (Phi) is 5.12. The highest BCUT2D eigenvalue weighted by atomic mass is 79.9. The van der Waals surface area contributed by atoms with Gasteiger partial charge in [0.2, 0.25) is 21.7 Å². The first kappa shape index (κ1) is 18.3. The molecule has 8 heteroatoms. The molecule has 140 valence electrons. The molecule has 0 saturated carbocycles. The molecule has 1 fully saturated rings. The van der Waals surface area contributed by atoms with Crippen LogP contribution in [-0.2, 0) is 10.0 Å². The first-order valence-corrected chi connectivity index (χ1v) is 10.9. The minimum atomic E-state index is -3.49. The molecule has 1 saturated heterocycles. The summed E-state index contributed by atoms with van der Waals surface area (Å²) in [6.45, 7) is 0.866. The summed E-state index contributed by atoms with van der Waals surface area (Å²) in [6, 6.07) is 16.4. The molecule has 27 heavy (non-hydrogen) atoms. The van der Waals surface area contributed by atoms with E-state index in [1.807, 2.05) is 36.4 Å². The van der Waals surface area contributed by atoms with E-state index in [1.165, 1.54) is 4.31 Å². The molecule has 0 N–H and O–H groups in total. The fourth-order valence-corrected chi connectivity index (χ4v) is 5.29. The molecule has 4 rings (SSSR count). The first-order chi connectivity index (χ1) is 13.0. The zero-order valence-electron chi connectivity index (χ0n) is 14.5. The van der Waals surface area contributed by atoms with E-state index >= 15 is 0 Å². The molecule has 0 aliphatic carbocycles. The highest BCUT2D eigenvalue weighted by Crippen LogP contribution is 2.31. The average molecular weight is 448 g/mol. The Hall–Kier alpha value is -2.03. The van der Waals surface area contributed by atoms with E-state index in [9.17, 15) is 8.42 Å². The van der Waals surface area contributed by atoms with Gasteiger partial charge in [-0.2, -0.15) is 9.29 Å². The molecule has 1 aliphatic rings. The summed E-state index contributed by atoms with van der Waals surface area (Å²) < 4.78 is 33.4. The van der Waals surface area contributed by atoms with Crippen LogP contribution in [0.3, 0.4) is 0 Å². The van der Waals surface area contributed by atoms with E-state index < -0.39 is 10.0 Å². The van der Waals surface area contributed by atoms with Gasteiger partial charge in [-0.1, -0.05) is 57.5 Å². The van der Waals surface area contributed by atoms with E-state index in [0.29, 0.717) is 42.5 Å². The second-order valence-corrected chi connectivity index (χ2v) is 9.31. The van der Waals surface area contributed by atoms with Gasteiger partial charge < -0.3 is 4.52 Å². The highest BCUT2D eigenvalue weighted by Gasteiger charge is 2.32. The van der Waals surface area contributed by atoms with Gasteiger partial charge in [0.25, 0.3) is 0 Å². The number of hydrogen-bond donors (Lipinski definition) is 0. The predicted molar refractivity (Wildman–Crippen MR) is 105 cm³/mol. The number of halogens is 1. The van der Waals surface area contributed by atoms with Crippen LogP contribution >= 0.6 is 15.9 Å². The minimum absolute atomic E-state index is 0.0731. The summed E-state index contributed by atoms with van der Waals surface area (Å²) in [6.07, 6.45) is 1.31. The maximum Gasteiger partial charge on any atom is 0.243 e. The van der Waals surface area contributed by atoms with Gasteiger partial charge in [-0.05, 0) is 31.0 Å². The van der Waals surface area contributed by atoms with Crippen molar-refractivity contribution in [2.75, 3.05) is 13.1 Å². The number of rotatable bonds is 4. The smallest absolute Gasteiger partial charge is 0.243 e. The molecule has 2 aromatic carbocycles. The lowest BCUT2D eigenvalue weighted by Gasteiger charge is -2.29. The molecular weight excluding hydrogens is 430 g/mol. The Balaban J connectivity index is 1.46. The van der Waals surface area contributed by atoms with Crippen LogP contribution in [0.15, 0.2) is 68.5 Å². The van der Waals surface area contributed by atoms with Crippen molar-refractivity contribution in [3.05, 3.63) is 65.0 Å². The van der Waals surface area contributed by atoms with E-state index in [1.54, 1.807) is 18.2 Å². The van der Waals surface area contributed by atoms with Crippen molar-refractivity contribution < 1.29 is 12.9 Å². The number of benzene rings is 2. The second kappa shape index (κ2) is 7.53. The van der Waals surface area contributed by atoms with Crippen LogP contribution in [0, 0.1) is 0 Å². The average Bonchev–Trinajstić information content (AvgIpc) is 3.19. The summed E-state index contributed by atoms with van der Waals surface area (Å²) in [7, 11) is -3.49. The lowest BCUT2D eigenvalue weighted by atomic mass is 9.98. The molecule has 0 unspecified atom stereocenters. The van der Waals surface area contributed by atoms with Crippen molar-refractivity contribution in [3.63, 3.8) is 0 Å². The molecule has 6 nitrogen and oxygen atoms in total. The van der Waals surface area contributed by atoms with Crippen LogP contribution in [-0.4, -0.2) is 36.0 Å². The molecule has 0 amide bonds. The normalized spacial score (nSPS) is 16.5. The topological polar surface area (TPSA) is 76.3 Å². The molecular formula is C19H18BrN3O3S. The summed E-state index contributed by atoms with van der Waals surface area (Å²) in [4.78, 5) is 4.81. The number of aromatic nitrogens is 2. The lowest BCUT2D eigenvalue weighted by molar-refractivity contribution is 0.271. The maximum absolute atomic E-state index is 12.8. The van der Waals surface area contributed by atoms with Gasteiger partial charge in [-0.25, -0.2) is 8.42 Å². The van der Waals surface area contributed by atoms with E-state index in [0.717, 1.165) is 10.0 Å². The quantitative estimate of drug-likeness (QED) is 0.602. The summed E-state index contributed by atoms with van der Waals surface area (Å²) >= 11 is 3.33. The molecule has 0 atom stereocenters. The fraction of sp³-hybridized carbons (Fsp3) is 0.263. The van der Waals surface area contributed by atoms with Crippen LogP contribution in [0.5, 0.6) is 0 Å². The Morgan fingerprint density at radius 1 is 1.04 bits per heavy atom. The zero-order valence-corrected chi connectivity index (χ0v) is 16.9. The lowest BCUT2D eigenvalue weighted by Crippen LogP contribution is -2.37. The SMILES string of the molecule is O=S(=O)(c1cccc(Br)c1)N1CCC(c2nc(-c3ccccc3)no2)CC1. The van der Waals surface area contributed by atoms with Crippen molar-refractivity contribution in [3.8, 4) is 11.4 Å². The van der Waals surface area contributed by atoms with Crippen molar-refractivity contribution in [2.45, 2.75) is 23.7 Å². The third kappa shape index (κ3) is 3.83. The van der Waals surface area contributed by atoms with Crippen LogP contribution in [0.2, 0.25) is 0 Å². The van der Waals surface area contributed by atoms with Gasteiger partial charge in [0.15, 0.2) is 0 Å². The maximum atomic E-state index is 12.8.